The fourth-order valence-electron chi connectivity index (χ4n) is 4.02. The van der Waals surface area contributed by atoms with E-state index in [1.165, 1.54) is 12.1 Å². The van der Waals surface area contributed by atoms with Crippen LogP contribution >= 0.6 is 0 Å². The second-order valence-corrected chi connectivity index (χ2v) is 7.57. The molecule has 1 atom stereocenters. The van der Waals surface area contributed by atoms with E-state index in [0.717, 1.165) is 64.1 Å². The molecular weight excluding hydrogens is 305 g/mol. The number of likely N-dealkylation sites (tertiary alicyclic amines) is 2. The molecule has 2 aliphatic heterocycles. The average molecular weight is 333 g/mol. The lowest BCUT2D eigenvalue weighted by atomic mass is 9.78. The molecule has 24 heavy (non-hydrogen) atoms. The molecule has 0 aliphatic carbocycles. The van der Waals surface area contributed by atoms with E-state index >= 15 is 0 Å². The first-order valence-electron chi connectivity index (χ1n) is 8.89. The van der Waals surface area contributed by atoms with Gasteiger partial charge in [-0.25, -0.2) is 4.39 Å². The number of halogens is 1. The molecule has 0 bridgehead atoms. The van der Waals surface area contributed by atoms with Crippen LogP contribution in [0.5, 0.6) is 0 Å². The van der Waals surface area contributed by atoms with Crippen LogP contribution in [0, 0.1) is 11.2 Å². The Bertz CT molecular complexity index is 574. The van der Waals surface area contributed by atoms with Gasteiger partial charge in [-0.3, -0.25) is 9.69 Å². The molecule has 4 nitrogen and oxygen atoms in total. The summed E-state index contributed by atoms with van der Waals surface area (Å²) in [4.78, 5) is 19.5. The second kappa shape index (κ2) is 7.19. The Hall–Kier alpha value is -1.46. The van der Waals surface area contributed by atoms with Gasteiger partial charge in [-0.2, -0.15) is 0 Å². The minimum Gasteiger partial charge on any atom is -0.341 e. The molecule has 1 amide bonds. The van der Waals surface area contributed by atoms with Gasteiger partial charge < -0.3 is 9.80 Å². The monoisotopic (exact) mass is 333 g/mol. The average Bonchev–Trinajstić information content (AvgIpc) is 2.84. The van der Waals surface area contributed by atoms with Gasteiger partial charge in [0.25, 0.3) is 0 Å². The van der Waals surface area contributed by atoms with E-state index < -0.39 is 0 Å². The predicted octanol–water partition coefficient (Wildman–Crippen LogP) is 2.20. The van der Waals surface area contributed by atoms with Crippen molar-refractivity contribution in [3.8, 4) is 0 Å². The zero-order chi connectivity index (χ0) is 17.2. The molecule has 132 valence electrons. The predicted molar refractivity (Wildman–Crippen MR) is 93.1 cm³/mol. The minimum absolute atomic E-state index is 0.190. The van der Waals surface area contributed by atoms with E-state index in [0.29, 0.717) is 5.91 Å². The highest BCUT2D eigenvalue weighted by molar-refractivity contribution is 5.85. The molecule has 0 unspecified atom stereocenters. The van der Waals surface area contributed by atoms with Crippen LogP contribution in [-0.2, 0) is 11.3 Å². The van der Waals surface area contributed by atoms with Crippen molar-refractivity contribution in [3.63, 3.8) is 0 Å². The van der Waals surface area contributed by atoms with Gasteiger partial charge in [0.05, 0.1) is 5.41 Å². The highest BCUT2D eigenvalue weighted by Crippen LogP contribution is 2.40. The van der Waals surface area contributed by atoms with Crippen molar-refractivity contribution in [1.82, 2.24) is 14.7 Å². The molecule has 2 fully saturated rings. The first-order valence-corrected chi connectivity index (χ1v) is 8.89. The molecule has 0 aromatic heterocycles. The van der Waals surface area contributed by atoms with Crippen LogP contribution in [0.3, 0.4) is 0 Å². The van der Waals surface area contributed by atoms with E-state index in [2.05, 4.69) is 9.80 Å². The topological polar surface area (TPSA) is 26.8 Å². The second-order valence-electron chi connectivity index (χ2n) is 7.57. The van der Waals surface area contributed by atoms with Crippen molar-refractivity contribution in [2.45, 2.75) is 25.8 Å². The van der Waals surface area contributed by atoms with Crippen LogP contribution < -0.4 is 0 Å². The number of carbonyl (C=O) groups excluding carboxylic acids is 1. The van der Waals surface area contributed by atoms with E-state index in [1.54, 1.807) is 0 Å². The molecule has 2 heterocycles. The number of hydrogen-bond donors (Lipinski definition) is 0. The number of carbonyl (C=O) groups is 1. The normalized spacial score (nSPS) is 25.2. The third-order valence-electron chi connectivity index (χ3n) is 5.39. The lowest BCUT2D eigenvalue weighted by Gasteiger charge is -2.39. The third-order valence-corrected chi connectivity index (χ3v) is 5.39. The molecular formula is C19H28FN3O. The maximum Gasteiger partial charge on any atom is 0.230 e. The molecule has 1 spiro atoms. The number of nitrogens with zero attached hydrogens (tertiary/aromatic N) is 3. The standard InChI is InChI=1S/C19H28FN3O/c1-21(2)12-13-23-11-9-19(18(23)24)8-3-10-22(15-19)14-16-4-6-17(20)7-5-16/h4-7H,3,8-15H2,1-2H3/t19-/m0/s1. The minimum atomic E-state index is -0.198. The Morgan fingerprint density at radius 1 is 1.17 bits per heavy atom. The lowest BCUT2D eigenvalue weighted by molar-refractivity contribution is -0.139. The summed E-state index contributed by atoms with van der Waals surface area (Å²) in [6, 6.07) is 6.71. The maximum atomic E-state index is 13.1. The van der Waals surface area contributed by atoms with Crippen LogP contribution in [0.4, 0.5) is 4.39 Å². The first kappa shape index (κ1) is 17.4. The largest absolute Gasteiger partial charge is 0.341 e. The molecule has 2 saturated heterocycles. The van der Waals surface area contributed by atoms with Gasteiger partial charge in [0, 0.05) is 32.7 Å². The van der Waals surface area contributed by atoms with Crippen molar-refractivity contribution < 1.29 is 9.18 Å². The molecule has 2 aliphatic rings. The molecule has 5 heteroatoms. The molecule has 0 saturated carbocycles. The Morgan fingerprint density at radius 3 is 2.62 bits per heavy atom. The fourth-order valence-corrected chi connectivity index (χ4v) is 4.02. The molecule has 0 radical (unpaired) electrons. The van der Waals surface area contributed by atoms with Crippen molar-refractivity contribution >= 4 is 5.91 Å². The number of hydrogen-bond acceptors (Lipinski definition) is 3. The number of likely N-dealkylation sites (N-methyl/N-ethyl adjacent to an activating group) is 1. The van der Waals surface area contributed by atoms with Gasteiger partial charge in [-0.1, -0.05) is 12.1 Å². The first-order chi connectivity index (χ1) is 11.5. The zero-order valence-corrected chi connectivity index (χ0v) is 14.8. The Kier molecular flexibility index (Phi) is 5.21. The smallest absolute Gasteiger partial charge is 0.230 e. The van der Waals surface area contributed by atoms with E-state index in [1.807, 2.05) is 31.1 Å². The number of benzene rings is 1. The van der Waals surface area contributed by atoms with Gasteiger partial charge in [-0.05, 0) is 57.6 Å². The number of rotatable bonds is 5. The lowest BCUT2D eigenvalue weighted by Crippen LogP contribution is -2.48. The summed E-state index contributed by atoms with van der Waals surface area (Å²) in [5.74, 6) is 0.143. The van der Waals surface area contributed by atoms with Gasteiger partial charge in [-0.15, -0.1) is 0 Å². The van der Waals surface area contributed by atoms with E-state index in [9.17, 15) is 9.18 Å². The van der Waals surface area contributed by atoms with Crippen LogP contribution in [0.15, 0.2) is 24.3 Å². The quantitative estimate of drug-likeness (QED) is 0.826. The zero-order valence-electron chi connectivity index (χ0n) is 14.8. The highest BCUT2D eigenvalue weighted by atomic mass is 19.1. The Balaban J connectivity index is 1.62. The summed E-state index contributed by atoms with van der Waals surface area (Å²) < 4.78 is 13.1. The van der Waals surface area contributed by atoms with Crippen molar-refractivity contribution in [1.29, 1.82) is 0 Å². The van der Waals surface area contributed by atoms with Crippen molar-refractivity contribution in [2.75, 3.05) is 46.8 Å². The summed E-state index contributed by atoms with van der Waals surface area (Å²) in [6.07, 6.45) is 3.04. The van der Waals surface area contributed by atoms with Gasteiger partial charge in [0.2, 0.25) is 5.91 Å². The van der Waals surface area contributed by atoms with E-state index in [4.69, 9.17) is 0 Å². The van der Waals surface area contributed by atoms with Gasteiger partial charge in [0.15, 0.2) is 0 Å². The fraction of sp³-hybridized carbons (Fsp3) is 0.632. The van der Waals surface area contributed by atoms with Crippen LogP contribution in [0.25, 0.3) is 0 Å². The Labute approximate surface area is 144 Å². The summed E-state index contributed by atoms with van der Waals surface area (Å²) in [5, 5.41) is 0. The van der Waals surface area contributed by atoms with Gasteiger partial charge >= 0.3 is 0 Å². The van der Waals surface area contributed by atoms with Gasteiger partial charge in [0.1, 0.15) is 5.82 Å². The summed E-state index contributed by atoms with van der Waals surface area (Å²) in [5.41, 5.74) is 0.924. The molecule has 3 rings (SSSR count). The molecule has 0 N–H and O–H groups in total. The van der Waals surface area contributed by atoms with Crippen LogP contribution in [-0.4, -0.2) is 67.4 Å². The summed E-state index contributed by atoms with van der Waals surface area (Å²) >= 11 is 0. The maximum absolute atomic E-state index is 13.1. The Morgan fingerprint density at radius 2 is 1.92 bits per heavy atom. The van der Waals surface area contributed by atoms with Crippen LogP contribution in [0.1, 0.15) is 24.8 Å². The summed E-state index contributed by atoms with van der Waals surface area (Å²) in [6.45, 7) is 5.28. The molecule has 1 aromatic rings. The third kappa shape index (κ3) is 3.78. The SMILES string of the molecule is CN(C)CCN1CC[C@]2(CCCN(Cc3ccc(F)cc3)C2)C1=O. The van der Waals surface area contributed by atoms with Crippen LogP contribution in [0.2, 0.25) is 0 Å². The number of piperidine rings is 1. The van der Waals surface area contributed by atoms with Crippen molar-refractivity contribution in [3.05, 3.63) is 35.6 Å². The summed E-state index contributed by atoms with van der Waals surface area (Å²) in [7, 11) is 4.09. The van der Waals surface area contributed by atoms with Crippen molar-refractivity contribution in [2.24, 2.45) is 5.41 Å². The highest BCUT2D eigenvalue weighted by Gasteiger charge is 2.48. The number of amides is 1. The molecule has 1 aromatic carbocycles. The van der Waals surface area contributed by atoms with E-state index in [-0.39, 0.29) is 11.2 Å².